The Morgan fingerprint density at radius 3 is 2.45 bits per heavy atom. The van der Waals surface area contributed by atoms with Crippen molar-refractivity contribution in [1.29, 1.82) is 0 Å². The van der Waals surface area contributed by atoms with E-state index >= 15 is 0 Å². The van der Waals surface area contributed by atoms with E-state index in [0.717, 1.165) is 35.6 Å². The van der Waals surface area contributed by atoms with Crippen LogP contribution in [0.15, 0.2) is 51.4 Å². The molecule has 1 saturated carbocycles. The van der Waals surface area contributed by atoms with Crippen LogP contribution in [0.5, 0.6) is 5.75 Å². The van der Waals surface area contributed by atoms with Crippen LogP contribution >= 0.6 is 0 Å². The van der Waals surface area contributed by atoms with E-state index < -0.39 is 0 Å². The minimum Gasteiger partial charge on any atom is -0.505 e. The number of nitrogens with zero attached hydrogens (tertiary/aromatic N) is 3. The molecule has 6 heteroatoms. The molecule has 1 fully saturated rings. The normalized spacial score (nSPS) is 19.2. The molecule has 1 aliphatic rings. The summed E-state index contributed by atoms with van der Waals surface area (Å²) < 4.78 is 1.48. The summed E-state index contributed by atoms with van der Waals surface area (Å²) in [6.45, 7) is 8.14. The Morgan fingerprint density at radius 2 is 1.74 bits per heavy atom. The van der Waals surface area contributed by atoms with Crippen molar-refractivity contribution in [2.45, 2.75) is 59.3 Å². The second-order valence-corrected chi connectivity index (χ2v) is 8.87. The highest BCUT2D eigenvalue weighted by atomic mass is 16.3. The number of rotatable bonds is 4. The molecule has 0 atom stereocenters. The highest BCUT2D eigenvalue weighted by Gasteiger charge is 2.23. The van der Waals surface area contributed by atoms with Crippen molar-refractivity contribution in [2.75, 3.05) is 0 Å². The number of aromatic hydroxyl groups is 1. The number of phenolic OH excluding ortho intramolecular Hbond substituents is 1. The maximum Gasteiger partial charge on any atom is 0.299 e. The summed E-state index contributed by atoms with van der Waals surface area (Å²) in [5, 5.41) is 22.4. The van der Waals surface area contributed by atoms with Gasteiger partial charge in [-0.15, -0.1) is 10.2 Å². The minimum absolute atomic E-state index is 0.175. The van der Waals surface area contributed by atoms with Crippen molar-refractivity contribution < 1.29 is 5.11 Å². The van der Waals surface area contributed by atoms with Gasteiger partial charge in [0.25, 0.3) is 5.56 Å². The zero-order chi connectivity index (χ0) is 22.1. The van der Waals surface area contributed by atoms with Gasteiger partial charge in [-0.1, -0.05) is 38.0 Å². The van der Waals surface area contributed by atoms with E-state index in [1.807, 2.05) is 44.2 Å². The van der Waals surface area contributed by atoms with Gasteiger partial charge < -0.3 is 5.11 Å². The third kappa shape index (κ3) is 4.20. The fourth-order valence-electron chi connectivity index (χ4n) is 4.34. The topological polar surface area (TPSA) is 82.7 Å². The van der Waals surface area contributed by atoms with Gasteiger partial charge in [-0.3, -0.25) is 9.89 Å². The molecule has 0 unspecified atom stereocenters. The summed E-state index contributed by atoms with van der Waals surface area (Å²) in [6, 6.07) is 11.5. The smallest absolute Gasteiger partial charge is 0.299 e. The van der Waals surface area contributed by atoms with Crippen molar-refractivity contribution in [3.63, 3.8) is 0 Å². The van der Waals surface area contributed by atoms with E-state index in [1.54, 1.807) is 13.0 Å². The van der Waals surface area contributed by atoms with Gasteiger partial charge >= 0.3 is 0 Å². The third-order valence-corrected chi connectivity index (χ3v) is 6.55. The SMILES string of the molecule is Cc1ccc(-n2[nH]c(C)c(N=Nc3cccc(C4CCC(C)CC4)c3O)c2=O)cc1C. The van der Waals surface area contributed by atoms with Crippen molar-refractivity contribution in [3.05, 3.63) is 69.1 Å². The van der Waals surface area contributed by atoms with E-state index in [-0.39, 0.29) is 17.0 Å². The summed E-state index contributed by atoms with van der Waals surface area (Å²) >= 11 is 0. The number of phenols is 1. The van der Waals surface area contributed by atoms with Crippen molar-refractivity contribution >= 4 is 11.4 Å². The van der Waals surface area contributed by atoms with Crippen LogP contribution in [0, 0.1) is 26.7 Å². The molecule has 6 nitrogen and oxygen atoms in total. The number of hydrogen-bond acceptors (Lipinski definition) is 4. The van der Waals surface area contributed by atoms with Crippen molar-refractivity contribution in [1.82, 2.24) is 9.78 Å². The van der Waals surface area contributed by atoms with Gasteiger partial charge in [0.15, 0.2) is 5.69 Å². The summed E-state index contributed by atoms with van der Waals surface area (Å²) in [5.41, 5.74) is 4.98. The molecule has 1 aliphatic carbocycles. The number of aromatic amines is 1. The minimum atomic E-state index is -0.263. The summed E-state index contributed by atoms with van der Waals surface area (Å²) in [6.07, 6.45) is 4.51. The van der Waals surface area contributed by atoms with E-state index in [2.05, 4.69) is 22.3 Å². The van der Waals surface area contributed by atoms with Crippen LogP contribution in [0.4, 0.5) is 11.4 Å². The Morgan fingerprint density at radius 1 is 1.00 bits per heavy atom. The lowest BCUT2D eigenvalue weighted by atomic mass is 9.79. The molecule has 1 heterocycles. The highest BCUT2D eigenvalue weighted by Crippen LogP contribution is 2.42. The van der Waals surface area contributed by atoms with Gasteiger partial charge in [-0.2, -0.15) is 0 Å². The lowest BCUT2D eigenvalue weighted by Gasteiger charge is -2.27. The molecular formula is C25H30N4O2. The Hall–Kier alpha value is -3.15. The van der Waals surface area contributed by atoms with E-state index in [1.165, 1.54) is 23.1 Å². The van der Waals surface area contributed by atoms with Gasteiger partial charge in [-0.05, 0) is 80.3 Å². The zero-order valence-corrected chi connectivity index (χ0v) is 18.6. The van der Waals surface area contributed by atoms with E-state index in [4.69, 9.17) is 0 Å². The second-order valence-electron chi connectivity index (χ2n) is 8.87. The molecule has 0 radical (unpaired) electrons. The quantitative estimate of drug-likeness (QED) is 0.474. The molecule has 2 N–H and O–H groups in total. The molecule has 0 amide bonds. The molecule has 0 spiro atoms. The molecule has 2 aromatic carbocycles. The third-order valence-electron chi connectivity index (χ3n) is 6.55. The highest BCUT2D eigenvalue weighted by molar-refractivity contribution is 5.56. The van der Waals surface area contributed by atoms with Crippen LogP contribution in [-0.2, 0) is 0 Å². The molecular weight excluding hydrogens is 388 g/mol. The number of nitrogens with one attached hydrogen (secondary N) is 1. The predicted molar refractivity (Wildman–Crippen MR) is 123 cm³/mol. The Balaban J connectivity index is 1.64. The Labute approximate surface area is 182 Å². The first-order valence-corrected chi connectivity index (χ1v) is 11.0. The van der Waals surface area contributed by atoms with Gasteiger partial charge in [0.1, 0.15) is 11.4 Å². The molecule has 0 saturated heterocycles. The molecule has 0 aliphatic heterocycles. The van der Waals surface area contributed by atoms with Crippen molar-refractivity contribution in [2.24, 2.45) is 16.1 Å². The summed E-state index contributed by atoms with van der Waals surface area (Å²) in [4.78, 5) is 13.0. The first-order valence-electron chi connectivity index (χ1n) is 11.0. The number of azo groups is 1. The molecule has 1 aromatic heterocycles. The standard InChI is InChI=1S/C25H30N4O2/c1-15-8-11-19(12-9-15)21-6-5-7-22(24(21)30)26-27-23-18(4)28-29(25(23)31)20-13-10-16(2)17(3)14-20/h5-7,10,13-15,19,28,30H,8-9,11-12H2,1-4H3. The number of para-hydroxylation sites is 1. The average molecular weight is 419 g/mol. The van der Waals surface area contributed by atoms with Gasteiger partial charge in [0.2, 0.25) is 0 Å². The zero-order valence-electron chi connectivity index (χ0n) is 18.6. The van der Waals surface area contributed by atoms with Gasteiger partial charge in [0, 0.05) is 0 Å². The lowest BCUT2D eigenvalue weighted by molar-refractivity contribution is 0.340. The van der Waals surface area contributed by atoms with Crippen LogP contribution in [0.25, 0.3) is 5.69 Å². The first kappa shape index (κ1) is 21.1. The van der Waals surface area contributed by atoms with Crippen LogP contribution in [0.2, 0.25) is 0 Å². The van der Waals surface area contributed by atoms with Crippen molar-refractivity contribution in [3.8, 4) is 11.4 Å². The molecule has 31 heavy (non-hydrogen) atoms. The molecule has 162 valence electrons. The summed E-state index contributed by atoms with van der Waals surface area (Å²) in [7, 11) is 0. The number of benzene rings is 2. The molecule has 4 rings (SSSR count). The van der Waals surface area contributed by atoms with Crippen LogP contribution in [0.3, 0.4) is 0 Å². The van der Waals surface area contributed by atoms with Crippen LogP contribution in [-0.4, -0.2) is 14.9 Å². The lowest BCUT2D eigenvalue weighted by Crippen LogP contribution is -2.14. The van der Waals surface area contributed by atoms with Gasteiger partial charge in [-0.25, -0.2) is 4.68 Å². The average Bonchev–Trinajstić information content (AvgIpc) is 3.04. The molecule has 3 aromatic rings. The summed E-state index contributed by atoms with van der Waals surface area (Å²) in [5.74, 6) is 1.27. The number of aromatic nitrogens is 2. The second kappa shape index (κ2) is 8.53. The van der Waals surface area contributed by atoms with Crippen LogP contribution in [0.1, 0.15) is 60.9 Å². The number of aryl methyl sites for hydroxylation is 3. The van der Waals surface area contributed by atoms with E-state index in [0.29, 0.717) is 17.3 Å². The maximum absolute atomic E-state index is 13.0. The van der Waals surface area contributed by atoms with E-state index in [9.17, 15) is 9.90 Å². The Bertz CT molecular complexity index is 1180. The largest absolute Gasteiger partial charge is 0.505 e. The number of hydrogen-bond donors (Lipinski definition) is 2. The maximum atomic E-state index is 13.0. The fraction of sp³-hybridized carbons (Fsp3) is 0.400. The molecule has 0 bridgehead atoms. The number of H-pyrrole nitrogens is 1. The fourth-order valence-corrected chi connectivity index (χ4v) is 4.34. The Kier molecular flexibility index (Phi) is 5.81. The van der Waals surface area contributed by atoms with Gasteiger partial charge in [0.05, 0.1) is 11.4 Å². The first-order chi connectivity index (χ1) is 14.8. The monoisotopic (exact) mass is 418 g/mol. The van der Waals surface area contributed by atoms with Crippen LogP contribution < -0.4 is 5.56 Å². The predicted octanol–water partition coefficient (Wildman–Crippen LogP) is 6.51.